The standard InChI is InChI=1S/C9H9BrO2.C9H7BrO2.CH4.B.Na.H/c2*10-7-1-2-8-6(3-7)4-12-5-9(8)11;;;;/h1-3,9,11H,4-5H2;1-3H,4-5H2;1H4;;;/q;;;;+1;-1. The molecule has 0 spiro atoms. The van der Waals surface area contributed by atoms with Crippen LogP contribution in [0.2, 0.25) is 0 Å². The van der Waals surface area contributed by atoms with Gasteiger partial charge in [-0.2, -0.15) is 0 Å². The second-order valence-electron chi connectivity index (χ2n) is 5.59. The van der Waals surface area contributed by atoms with Crippen LogP contribution in [0.15, 0.2) is 45.3 Å². The maximum atomic E-state index is 11.3. The molecule has 2 heterocycles. The molecule has 1 unspecified atom stereocenters. The first-order chi connectivity index (χ1) is 11.5. The van der Waals surface area contributed by atoms with E-state index < -0.39 is 6.10 Å². The molecule has 3 radical (unpaired) electrons. The summed E-state index contributed by atoms with van der Waals surface area (Å²) in [5.41, 5.74) is 3.83. The number of hydrogen-bond acceptors (Lipinski definition) is 4. The molecule has 139 valence electrons. The first-order valence-corrected chi connectivity index (χ1v) is 9.06. The molecule has 8 heteroatoms. The SMILES string of the molecule is C.O=C1COCc2cc(Br)ccc21.OC1COCc2cc(Br)ccc21.[B].[H-].[Na+]. The summed E-state index contributed by atoms with van der Waals surface area (Å²) in [5, 5.41) is 9.51. The van der Waals surface area contributed by atoms with Crippen LogP contribution in [0.1, 0.15) is 42.0 Å². The third-order valence-corrected chi connectivity index (χ3v) is 4.84. The fourth-order valence-corrected chi connectivity index (χ4v) is 3.50. The van der Waals surface area contributed by atoms with E-state index in [-0.39, 0.29) is 59.2 Å². The number of ether oxygens (including phenoxy) is 2. The molecule has 0 saturated carbocycles. The van der Waals surface area contributed by atoms with Gasteiger partial charge in [0.1, 0.15) is 12.7 Å². The van der Waals surface area contributed by atoms with Gasteiger partial charge in [0.05, 0.1) is 19.8 Å². The Morgan fingerprint density at radius 1 is 0.963 bits per heavy atom. The number of carbonyl (C=O) groups excluding carboxylic acids is 1. The van der Waals surface area contributed by atoms with Crippen LogP contribution in [-0.2, 0) is 22.7 Å². The molecule has 2 aliphatic heterocycles. The van der Waals surface area contributed by atoms with Gasteiger partial charge in [-0.15, -0.1) is 0 Å². The number of ketones is 1. The number of fused-ring (bicyclic) bond motifs is 2. The number of carbonyl (C=O) groups is 1. The number of hydrogen-bond donors (Lipinski definition) is 1. The molecule has 0 bridgehead atoms. The number of Topliss-reactive ketones (excluding diaryl/α,β-unsaturated/α-hetero) is 1. The Morgan fingerprint density at radius 2 is 1.56 bits per heavy atom. The second-order valence-corrected chi connectivity index (χ2v) is 7.42. The summed E-state index contributed by atoms with van der Waals surface area (Å²) in [6.07, 6.45) is -0.457. The van der Waals surface area contributed by atoms with Crippen LogP contribution >= 0.6 is 31.9 Å². The minimum atomic E-state index is -0.457. The second kappa shape index (κ2) is 12.6. The molecular formula is C19H21BBr2NaO4. The van der Waals surface area contributed by atoms with E-state index in [0.29, 0.717) is 19.8 Å². The van der Waals surface area contributed by atoms with Gasteiger partial charge in [0.2, 0.25) is 0 Å². The van der Waals surface area contributed by atoms with Crippen molar-refractivity contribution in [1.82, 2.24) is 0 Å². The van der Waals surface area contributed by atoms with E-state index in [1.165, 1.54) is 0 Å². The molecule has 2 aliphatic rings. The van der Waals surface area contributed by atoms with Crippen LogP contribution in [0.3, 0.4) is 0 Å². The van der Waals surface area contributed by atoms with Crippen molar-refractivity contribution in [2.45, 2.75) is 26.7 Å². The van der Waals surface area contributed by atoms with Crippen LogP contribution in [0, 0.1) is 0 Å². The summed E-state index contributed by atoms with van der Waals surface area (Å²) < 4.78 is 12.3. The average Bonchev–Trinajstić information content (AvgIpc) is 2.55. The van der Waals surface area contributed by atoms with Gasteiger partial charge in [0.25, 0.3) is 0 Å². The van der Waals surface area contributed by atoms with Crippen molar-refractivity contribution < 1.29 is 50.4 Å². The number of rotatable bonds is 0. The summed E-state index contributed by atoms with van der Waals surface area (Å²) in [4.78, 5) is 11.3. The van der Waals surface area contributed by atoms with E-state index >= 15 is 0 Å². The van der Waals surface area contributed by atoms with Crippen molar-refractivity contribution in [3.05, 3.63) is 67.6 Å². The van der Waals surface area contributed by atoms with Crippen molar-refractivity contribution in [3.63, 3.8) is 0 Å². The predicted molar refractivity (Wildman–Crippen MR) is 110 cm³/mol. The summed E-state index contributed by atoms with van der Waals surface area (Å²) in [5.74, 6) is 0.0729. The van der Waals surface area contributed by atoms with Crippen LogP contribution < -0.4 is 29.6 Å². The van der Waals surface area contributed by atoms with E-state index in [0.717, 1.165) is 31.2 Å². The van der Waals surface area contributed by atoms with E-state index in [2.05, 4.69) is 31.9 Å². The zero-order valence-electron chi connectivity index (χ0n) is 15.4. The molecule has 27 heavy (non-hydrogen) atoms. The molecule has 2 aromatic rings. The van der Waals surface area contributed by atoms with E-state index in [1.807, 2.05) is 36.4 Å². The first kappa shape index (κ1) is 27.0. The molecule has 4 rings (SSSR count). The summed E-state index contributed by atoms with van der Waals surface area (Å²) in [6.45, 7) is 1.77. The van der Waals surface area contributed by atoms with Crippen molar-refractivity contribution >= 4 is 46.1 Å². The monoisotopic (exact) mass is 505 g/mol. The Morgan fingerprint density at radius 3 is 2.26 bits per heavy atom. The molecule has 4 nitrogen and oxygen atoms in total. The molecule has 1 atom stereocenters. The third-order valence-electron chi connectivity index (χ3n) is 3.86. The Hall–Kier alpha value is 0.0149. The van der Waals surface area contributed by atoms with Crippen LogP contribution in [0.5, 0.6) is 0 Å². The van der Waals surface area contributed by atoms with Crippen LogP contribution in [0.25, 0.3) is 0 Å². The van der Waals surface area contributed by atoms with Gasteiger partial charge in [-0.05, 0) is 47.0 Å². The largest absolute Gasteiger partial charge is 1.00 e. The predicted octanol–water partition coefficient (Wildman–Crippen LogP) is 1.55. The average molecular weight is 507 g/mol. The normalized spacial score (nSPS) is 16.9. The Bertz CT molecular complexity index is 780. The summed E-state index contributed by atoms with van der Waals surface area (Å²) in [6, 6.07) is 11.5. The van der Waals surface area contributed by atoms with Crippen molar-refractivity contribution in [3.8, 4) is 0 Å². The van der Waals surface area contributed by atoms with Gasteiger partial charge in [0.15, 0.2) is 5.78 Å². The quantitative estimate of drug-likeness (QED) is 0.551. The molecule has 1 N–H and O–H groups in total. The minimum Gasteiger partial charge on any atom is -1.00 e. The van der Waals surface area contributed by atoms with E-state index in [4.69, 9.17) is 9.47 Å². The summed E-state index contributed by atoms with van der Waals surface area (Å²) in [7, 11) is 0. The number of aliphatic hydroxyl groups is 1. The fraction of sp³-hybridized carbons (Fsp3) is 0.316. The van der Waals surface area contributed by atoms with Gasteiger partial charge in [-0.3, -0.25) is 4.79 Å². The molecule has 0 amide bonds. The topological polar surface area (TPSA) is 55.8 Å². The van der Waals surface area contributed by atoms with Crippen molar-refractivity contribution in [2.75, 3.05) is 13.2 Å². The smallest absolute Gasteiger partial charge is 1.00 e. The molecule has 0 fully saturated rings. The molecule has 0 aromatic heterocycles. The van der Waals surface area contributed by atoms with E-state index in [1.54, 1.807) is 0 Å². The zero-order chi connectivity index (χ0) is 17.1. The zero-order valence-corrected chi connectivity index (χ0v) is 19.5. The summed E-state index contributed by atoms with van der Waals surface area (Å²) >= 11 is 6.72. The van der Waals surface area contributed by atoms with Crippen molar-refractivity contribution in [1.29, 1.82) is 0 Å². The number of halogens is 2. The van der Waals surface area contributed by atoms with Gasteiger partial charge < -0.3 is 16.0 Å². The maximum Gasteiger partial charge on any atom is 1.00 e. The Balaban J connectivity index is 0. The van der Waals surface area contributed by atoms with E-state index in [9.17, 15) is 9.90 Å². The number of benzene rings is 2. The maximum absolute atomic E-state index is 11.3. The first-order valence-electron chi connectivity index (χ1n) is 7.48. The van der Waals surface area contributed by atoms with Gasteiger partial charge >= 0.3 is 29.6 Å². The van der Waals surface area contributed by atoms with Gasteiger partial charge in [-0.1, -0.05) is 45.4 Å². The minimum absolute atomic E-state index is 0. The fourth-order valence-electron chi connectivity index (χ4n) is 2.68. The molecular weight excluding hydrogens is 486 g/mol. The Labute approximate surface area is 202 Å². The van der Waals surface area contributed by atoms with Crippen LogP contribution in [0.4, 0.5) is 0 Å². The third kappa shape index (κ3) is 7.09. The number of aliphatic hydroxyl groups excluding tert-OH is 1. The molecule has 0 saturated heterocycles. The molecule has 2 aromatic carbocycles. The van der Waals surface area contributed by atoms with Gasteiger partial charge in [0, 0.05) is 22.9 Å². The van der Waals surface area contributed by atoms with Crippen molar-refractivity contribution in [2.24, 2.45) is 0 Å². The molecule has 0 aliphatic carbocycles. The van der Waals surface area contributed by atoms with Crippen LogP contribution in [-0.4, -0.2) is 32.5 Å². The van der Waals surface area contributed by atoms with Gasteiger partial charge in [-0.25, -0.2) is 0 Å². The Kier molecular flexibility index (Phi) is 12.6.